The second-order valence-electron chi connectivity index (χ2n) is 7.97. The second-order valence-corrected chi connectivity index (χ2v) is 7.97. The van der Waals surface area contributed by atoms with Crippen LogP contribution < -0.4 is 15.4 Å². The van der Waals surface area contributed by atoms with Gasteiger partial charge in [0.25, 0.3) is 0 Å². The van der Waals surface area contributed by atoms with Gasteiger partial charge in [-0.3, -0.25) is 10.2 Å². The van der Waals surface area contributed by atoms with Crippen molar-refractivity contribution in [2.45, 2.75) is 25.4 Å². The molecule has 2 aromatic carbocycles. The quantitative estimate of drug-likeness (QED) is 0.471. The van der Waals surface area contributed by atoms with Crippen LogP contribution in [0.5, 0.6) is 5.75 Å². The molecule has 1 fully saturated rings. The number of piperidine rings is 1. The van der Waals surface area contributed by atoms with E-state index >= 15 is 0 Å². The van der Waals surface area contributed by atoms with E-state index in [1.54, 1.807) is 30.5 Å². The molecule has 4 rings (SSSR count). The highest BCUT2D eigenvalue weighted by Crippen LogP contribution is 2.28. The Morgan fingerprint density at radius 1 is 1.15 bits per heavy atom. The van der Waals surface area contributed by atoms with E-state index < -0.39 is 11.8 Å². The molecule has 0 spiro atoms. The molecule has 1 aliphatic rings. The number of likely N-dealkylation sites (tertiary alicyclic amines) is 1. The van der Waals surface area contributed by atoms with Crippen LogP contribution in [0.1, 0.15) is 24.4 Å². The highest BCUT2D eigenvalue weighted by molar-refractivity contribution is 5.99. The summed E-state index contributed by atoms with van der Waals surface area (Å²) in [5.74, 6) is 1.10. The lowest BCUT2D eigenvalue weighted by Gasteiger charge is -2.33. The molecule has 0 bridgehead atoms. The third-order valence-electron chi connectivity index (χ3n) is 5.62. The van der Waals surface area contributed by atoms with Gasteiger partial charge < -0.3 is 10.1 Å². The summed E-state index contributed by atoms with van der Waals surface area (Å²) in [7, 11) is 0. The smallest absolute Gasteiger partial charge is 0.324 e. The van der Waals surface area contributed by atoms with E-state index in [1.165, 1.54) is 12.1 Å². The highest BCUT2D eigenvalue weighted by atomic mass is 19.1. The van der Waals surface area contributed by atoms with Crippen molar-refractivity contribution in [1.82, 2.24) is 14.7 Å². The number of nitrogens with zero attached hydrogens (tertiary/aromatic N) is 3. The lowest BCUT2D eigenvalue weighted by molar-refractivity contribution is 0.172. The third-order valence-corrected chi connectivity index (χ3v) is 5.62. The standard InChI is InChI=1S/C25H28FN5O2/c1-2-16-33-23-9-4-3-6-19(23)18-30-14-11-22(12-15-30)31-24(10-13-27-31)29-25(32)28-21-8-5-7-20(26)17-21/h2-10,13,17,22H,1,11-12,14-16,18H2,(H2,28,29,32). The maximum absolute atomic E-state index is 13.3. The summed E-state index contributed by atoms with van der Waals surface area (Å²) in [5, 5.41) is 9.91. The van der Waals surface area contributed by atoms with Gasteiger partial charge in [0.05, 0.1) is 12.2 Å². The predicted molar refractivity (Wildman–Crippen MR) is 127 cm³/mol. The number of carbonyl (C=O) groups is 1. The first-order valence-electron chi connectivity index (χ1n) is 11.0. The Hall–Kier alpha value is -3.65. The normalized spacial score (nSPS) is 14.6. The number of anilines is 2. The van der Waals surface area contributed by atoms with Crippen LogP contribution in [0.2, 0.25) is 0 Å². The van der Waals surface area contributed by atoms with E-state index in [0.717, 1.165) is 43.8 Å². The van der Waals surface area contributed by atoms with Gasteiger partial charge in [0.2, 0.25) is 0 Å². The Balaban J connectivity index is 1.32. The molecular weight excluding hydrogens is 421 g/mol. The average molecular weight is 450 g/mol. The number of aromatic nitrogens is 2. The Bertz CT molecular complexity index is 1090. The lowest BCUT2D eigenvalue weighted by atomic mass is 10.0. The maximum Gasteiger partial charge on any atom is 0.324 e. The zero-order valence-corrected chi connectivity index (χ0v) is 18.4. The van der Waals surface area contributed by atoms with Crippen LogP contribution in [0.25, 0.3) is 0 Å². The van der Waals surface area contributed by atoms with E-state index in [9.17, 15) is 9.18 Å². The molecule has 0 aliphatic carbocycles. The number of hydrogen-bond donors (Lipinski definition) is 2. The minimum atomic E-state index is -0.434. The Labute approximate surface area is 192 Å². The Morgan fingerprint density at radius 2 is 1.97 bits per heavy atom. The van der Waals surface area contributed by atoms with Crippen molar-refractivity contribution in [3.63, 3.8) is 0 Å². The molecule has 2 N–H and O–H groups in total. The fourth-order valence-corrected chi connectivity index (χ4v) is 4.04. The molecule has 1 aliphatic heterocycles. The van der Waals surface area contributed by atoms with E-state index in [2.05, 4.69) is 33.3 Å². The number of ether oxygens (including phenoxy) is 1. The minimum absolute atomic E-state index is 0.188. The van der Waals surface area contributed by atoms with Crippen LogP contribution in [0.15, 0.2) is 73.4 Å². The van der Waals surface area contributed by atoms with Gasteiger partial charge in [-0.25, -0.2) is 13.9 Å². The van der Waals surface area contributed by atoms with Gasteiger partial charge in [-0.15, -0.1) is 0 Å². The molecule has 1 aromatic heterocycles. The second kappa shape index (κ2) is 10.8. The van der Waals surface area contributed by atoms with E-state index in [1.807, 2.05) is 22.9 Å². The molecule has 0 radical (unpaired) electrons. The third kappa shape index (κ3) is 5.98. The number of amides is 2. The van der Waals surface area contributed by atoms with Gasteiger partial charge in [0.15, 0.2) is 0 Å². The summed E-state index contributed by atoms with van der Waals surface area (Å²) >= 11 is 0. The topological polar surface area (TPSA) is 71.4 Å². The van der Waals surface area contributed by atoms with Gasteiger partial charge in [0, 0.05) is 37.0 Å². The average Bonchev–Trinajstić information content (AvgIpc) is 3.27. The summed E-state index contributed by atoms with van der Waals surface area (Å²) in [4.78, 5) is 14.8. The van der Waals surface area contributed by atoms with Crippen molar-refractivity contribution in [2.75, 3.05) is 30.3 Å². The van der Waals surface area contributed by atoms with Gasteiger partial charge >= 0.3 is 6.03 Å². The van der Waals surface area contributed by atoms with Crippen molar-refractivity contribution >= 4 is 17.5 Å². The molecule has 8 heteroatoms. The molecule has 3 aromatic rings. The van der Waals surface area contributed by atoms with Gasteiger partial charge in [-0.1, -0.05) is 36.9 Å². The zero-order valence-electron chi connectivity index (χ0n) is 18.4. The first kappa shape index (κ1) is 22.5. The fraction of sp³-hybridized carbons (Fsp3) is 0.280. The summed E-state index contributed by atoms with van der Waals surface area (Å²) < 4.78 is 21.0. The van der Waals surface area contributed by atoms with Crippen LogP contribution in [0.4, 0.5) is 20.7 Å². The van der Waals surface area contributed by atoms with Crippen molar-refractivity contribution < 1.29 is 13.9 Å². The molecule has 1 saturated heterocycles. The first-order valence-corrected chi connectivity index (χ1v) is 11.0. The molecule has 0 unspecified atom stereocenters. The number of hydrogen-bond acceptors (Lipinski definition) is 4. The number of nitrogens with one attached hydrogen (secondary N) is 2. The largest absolute Gasteiger partial charge is 0.489 e. The van der Waals surface area contributed by atoms with Crippen LogP contribution in [-0.2, 0) is 6.54 Å². The maximum atomic E-state index is 13.3. The SMILES string of the molecule is C=CCOc1ccccc1CN1CCC(n2nccc2NC(=O)Nc2cccc(F)c2)CC1. The van der Waals surface area contributed by atoms with Crippen LogP contribution in [-0.4, -0.2) is 40.4 Å². The van der Waals surface area contributed by atoms with Gasteiger partial charge in [0.1, 0.15) is 24.0 Å². The molecule has 7 nitrogen and oxygen atoms in total. The molecule has 33 heavy (non-hydrogen) atoms. The summed E-state index contributed by atoms with van der Waals surface area (Å²) in [6, 6.07) is 15.4. The molecule has 172 valence electrons. The van der Waals surface area contributed by atoms with E-state index in [-0.39, 0.29) is 6.04 Å². The van der Waals surface area contributed by atoms with Crippen LogP contribution in [0, 0.1) is 5.82 Å². The molecule has 0 atom stereocenters. The molecular formula is C25H28FN5O2. The molecule has 2 heterocycles. The number of carbonyl (C=O) groups excluding carboxylic acids is 1. The Kier molecular flexibility index (Phi) is 7.36. The van der Waals surface area contributed by atoms with Crippen LogP contribution in [0.3, 0.4) is 0 Å². The lowest BCUT2D eigenvalue weighted by Crippen LogP contribution is -2.35. The highest BCUT2D eigenvalue weighted by Gasteiger charge is 2.24. The summed E-state index contributed by atoms with van der Waals surface area (Å²) in [6.45, 7) is 6.84. The van der Waals surface area contributed by atoms with Crippen molar-refractivity contribution in [3.05, 3.63) is 84.8 Å². The zero-order chi connectivity index (χ0) is 23.0. The first-order chi connectivity index (χ1) is 16.1. The predicted octanol–water partition coefficient (Wildman–Crippen LogP) is 5.07. The minimum Gasteiger partial charge on any atom is -0.489 e. The van der Waals surface area contributed by atoms with E-state index in [4.69, 9.17) is 4.74 Å². The Morgan fingerprint density at radius 3 is 2.76 bits per heavy atom. The number of rotatable bonds is 8. The molecule has 2 amide bonds. The van der Waals surface area contributed by atoms with Crippen molar-refractivity contribution in [3.8, 4) is 5.75 Å². The van der Waals surface area contributed by atoms with Crippen LogP contribution >= 0.6 is 0 Å². The number of para-hydroxylation sites is 1. The number of urea groups is 1. The van der Waals surface area contributed by atoms with Gasteiger partial charge in [-0.05, 0) is 37.1 Å². The van der Waals surface area contributed by atoms with Crippen molar-refractivity contribution in [2.24, 2.45) is 0 Å². The summed E-state index contributed by atoms with van der Waals surface area (Å²) in [5.41, 5.74) is 1.55. The van der Waals surface area contributed by atoms with Crippen molar-refractivity contribution in [1.29, 1.82) is 0 Å². The monoisotopic (exact) mass is 449 g/mol. The fourth-order valence-electron chi connectivity index (χ4n) is 4.04. The van der Waals surface area contributed by atoms with Gasteiger partial charge in [-0.2, -0.15) is 5.10 Å². The summed E-state index contributed by atoms with van der Waals surface area (Å²) in [6.07, 6.45) is 5.25. The number of halogens is 1. The van der Waals surface area contributed by atoms with E-state index in [0.29, 0.717) is 18.1 Å². The number of benzene rings is 2. The molecule has 0 saturated carbocycles.